The topological polar surface area (TPSA) is 127 Å². The van der Waals surface area contributed by atoms with E-state index in [0.29, 0.717) is 11.1 Å². The van der Waals surface area contributed by atoms with Gasteiger partial charge in [-0.2, -0.15) is 4.72 Å². The number of benzene rings is 1. The predicted molar refractivity (Wildman–Crippen MR) is 74.6 cm³/mol. The molecule has 0 heterocycles. The number of aryl methyl sites for hydroxylation is 1. The van der Waals surface area contributed by atoms with Gasteiger partial charge in [-0.15, -0.1) is 0 Å². The van der Waals surface area contributed by atoms with Gasteiger partial charge < -0.3 is 5.11 Å². The fourth-order valence-electron chi connectivity index (χ4n) is 1.75. The second-order valence-corrected chi connectivity index (χ2v) is 6.25. The van der Waals surface area contributed by atoms with Crippen LogP contribution in [0.3, 0.4) is 0 Å². The van der Waals surface area contributed by atoms with Crippen molar-refractivity contribution >= 4 is 21.7 Å². The van der Waals surface area contributed by atoms with E-state index in [-0.39, 0.29) is 17.0 Å². The number of rotatable bonds is 6. The number of non-ortho nitro benzene ring substituents is 1. The number of carboxylic acids is 1. The Bertz CT molecular complexity index is 683. The molecule has 1 aromatic rings. The number of carbonyl (C=O) groups is 1. The third kappa shape index (κ3) is 3.76. The van der Waals surface area contributed by atoms with Gasteiger partial charge in [-0.1, -0.05) is 6.92 Å². The van der Waals surface area contributed by atoms with E-state index < -0.39 is 27.0 Å². The maximum absolute atomic E-state index is 12.3. The first kappa shape index (κ1) is 17.1. The average Bonchev–Trinajstić information content (AvgIpc) is 2.38. The maximum atomic E-state index is 12.3. The van der Waals surface area contributed by atoms with Gasteiger partial charge in [0.15, 0.2) is 0 Å². The molecule has 0 aliphatic heterocycles. The number of aliphatic carboxylic acids is 1. The van der Waals surface area contributed by atoms with E-state index in [2.05, 4.69) is 0 Å². The predicted octanol–water partition coefficient (Wildman–Crippen LogP) is 1.35. The Balaban J connectivity index is 3.37. The van der Waals surface area contributed by atoms with Gasteiger partial charge in [-0.3, -0.25) is 14.9 Å². The third-order valence-corrected chi connectivity index (χ3v) is 4.71. The third-order valence-electron chi connectivity index (χ3n) is 3.11. The van der Waals surface area contributed by atoms with Gasteiger partial charge >= 0.3 is 5.97 Å². The molecular weight excluding hydrogens is 300 g/mol. The zero-order valence-electron chi connectivity index (χ0n) is 11.8. The van der Waals surface area contributed by atoms with Gasteiger partial charge in [0, 0.05) is 12.1 Å². The largest absolute Gasteiger partial charge is 0.480 e. The van der Waals surface area contributed by atoms with E-state index in [4.69, 9.17) is 5.11 Å². The molecule has 1 rings (SSSR count). The second-order valence-electron chi connectivity index (χ2n) is 4.56. The van der Waals surface area contributed by atoms with E-state index in [1.807, 2.05) is 4.72 Å². The number of carboxylic acid groups (broad SMARTS) is 1. The highest BCUT2D eigenvalue weighted by Gasteiger charge is 2.27. The second kappa shape index (κ2) is 6.19. The van der Waals surface area contributed by atoms with Gasteiger partial charge in [0.05, 0.1) is 9.82 Å². The van der Waals surface area contributed by atoms with Crippen LogP contribution < -0.4 is 4.72 Å². The maximum Gasteiger partial charge on any atom is 0.321 e. The van der Waals surface area contributed by atoms with E-state index in [1.54, 1.807) is 6.92 Å². The minimum Gasteiger partial charge on any atom is -0.480 e. The monoisotopic (exact) mass is 316 g/mol. The molecule has 0 saturated heterocycles. The lowest BCUT2D eigenvalue weighted by Gasteiger charge is -2.15. The molecule has 0 aliphatic rings. The molecule has 9 heteroatoms. The molecule has 1 atom stereocenters. The van der Waals surface area contributed by atoms with Crippen LogP contribution in [0.2, 0.25) is 0 Å². The van der Waals surface area contributed by atoms with Crippen molar-refractivity contribution in [3.05, 3.63) is 33.4 Å². The quantitative estimate of drug-likeness (QED) is 0.602. The molecule has 2 N–H and O–H groups in total. The summed E-state index contributed by atoms with van der Waals surface area (Å²) in [5.41, 5.74) is 0.420. The van der Waals surface area contributed by atoms with E-state index >= 15 is 0 Å². The lowest BCUT2D eigenvalue weighted by Crippen LogP contribution is -2.40. The summed E-state index contributed by atoms with van der Waals surface area (Å²) in [6.45, 7) is 4.58. The van der Waals surface area contributed by atoms with Gasteiger partial charge in [0.25, 0.3) is 5.69 Å². The molecule has 1 aromatic carbocycles. The van der Waals surface area contributed by atoms with Crippen LogP contribution in [-0.2, 0) is 14.8 Å². The normalized spacial score (nSPS) is 12.9. The molecule has 0 aromatic heterocycles. The van der Waals surface area contributed by atoms with Crippen molar-refractivity contribution in [2.75, 3.05) is 0 Å². The molecule has 8 nitrogen and oxygen atoms in total. The summed E-state index contributed by atoms with van der Waals surface area (Å²) in [5, 5.41) is 19.7. The molecule has 0 bridgehead atoms. The van der Waals surface area contributed by atoms with Crippen molar-refractivity contribution in [1.29, 1.82) is 0 Å². The summed E-state index contributed by atoms with van der Waals surface area (Å²) >= 11 is 0. The first-order valence-electron chi connectivity index (χ1n) is 6.11. The van der Waals surface area contributed by atoms with Crippen molar-refractivity contribution in [3.63, 3.8) is 0 Å². The van der Waals surface area contributed by atoms with Crippen LogP contribution in [0.4, 0.5) is 5.69 Å². The van der Waals surface area contributed by atoms with E-state index in [1.165, 1.54) is 19.9 Å². The Morgan fingerprint density at radius 3 is 2.43 bits per heavy atom. The van der Waals surface area contributed by atoms with Crippen LogP contribution in [0.25, 0.3) is 0 Å². The number of nitrogens with zero attached hydrogens (tertiary/aromatic N) is 1. The first-order valence-corrected chi connectivity index (χ1v) is 7.59. The van der Waals surface area contributed by atoms with Crippen LogP contribution in [0, 0.1) is 24.0 Å². The van der Waals surface area contributed by atoms with Crippen molar-refractivity contribution in [2.24, 2.45) is 0 Å². The molecule has 0 fully saturated rings. The highest BCUT2D eigenvalue weighted by atomic mass is 32.2. The number of nitrogens with one attached hydrogen (secondary N) is 1. The summed E-state index contributed by atoms with van der Waals surface area (Å²) in [6, 6.07) is 0.913. The van der Waals surface area contributed by atoms with Crippen LogP contribution in [0.1, 0.15) is 24.5 Å². The van der Waals surface area contributed by atoms with Crippen molar-refractivity contribution < 1.29 is 23.2 Å². The Morgan fingerprint density at radius 2 is 2.00 bits per heavy atom. The minimum absolute atomic E-state index is 0.0571. The smallest absolute Gasteiger partial charge is 0.321 e. The van der Waals surface area contributed by atoms with Crippen LogP contribution >= 0.6 is 0 Å². The number of hydrogen-bond donors (Lipinski definition) is 2. The van der Waals surface area contributed by atoms with Gasteiger partial charge in [-0.25, -0.2) is 8.42 Å². The molecule has 21 heavy (non-hydrogen) atoms. The summed E-state index contributed by atoms with van der Waals surface area (Å²) in [7, 11) is -4.16. The fraction of sp³-hybridized carbons (Fsp3) is 0.417. The highest BCUT2D eigenvalue weighted by molar-refractivity contribution is 7.89. The Labute approximate surface area is 122 Å². The summed E-state index contributed by atoms with van der Waals surface area (Å²) < 4.78 is 26.6. The molecule has 0 unspecified atom stereocenters. The first-order chi connectivity index (χ1) is 9.60. The standard InChI is InChI=1S/C12H16N2O6S/c1-4-10(12(15)16)13-21(19,20)11-6-9(14(17)18)5-7(2)8(11)3/h5-6,10,13H,4H2,1-3H3,(H,15,16)/t10-/m0/s1. The molecule has 116 valence electrons. The van der Waals surface area contributed by atoms with Crippen LogP contribution in [0.5, 0.6) is 0 Å². The lowest BCUT2D eigenvalue weighted by atomic mass is 10.1. The van der Waals surface area contributed by atoms with Gasteiger partial charge in [0.1, 0.15) is 6.04 Å². The van der Waals surface area contributed by atoms with Crippen LogP contribution in [0.15, 0.2) is 17.0 Å². The minimum atomic E-state index is -4.16. The van der Waals surface area contributed by atoms with Gasteiger partial charge in [0.2, 0.25) is 10.0 Å². The van der Waals surface area contributed by atoms with E-state index in [9.17, 15) is 23.3 Å². The zero-order valence-corrected chi connectivity index (χ0v) is 12.6. The highest BCUT2D eigenvalue weighted by Crippen LogP contribution is 2.25. The fourth-order valence-corrected chi connectivity index (χ4v) is 3.36. The SMILES string of the molecule is CC[C@H](NS(=O)(=O)c1cc([N+](=O)[O-])cc(C)c1C)C(=O)O. The Hall–Kier alpha value is -2.00. The molecular formula is C12H16N2O6S. The Morgan fingerprint density at radius 1 is 1.43 bits per heavy atom. The Kier molecular flexibility index (Phi) is 5.02. The molecule has 0 aliphatic carbocycles. The average molecular weight is 316 g/mol. The van der Waals surface area contributed by atoms with Crippen LogP contribution in [-0.4, -0.2) is 30.5 Å². The van der Waals surface area contributed by atoms with Crippen molar-refractivity contribution in [3.8, 4) is 0 Å². The summed E-state index contributed by atoms with van der Waals surface area (Å²) in [4.78, 5) is 20.8. The summed E-state index contributed by atoms with van der Waals surface area (Å²) in [6.07, 6.45) is 0.0571. The number of sulfonamides is 1. The van der Waals surface area contributed by atoms with Gasteiger partial charge in [-0.05, 0) is 31.4 Å². The number of nitro benzene ring substituents is 1. The molecule has 0 saturated carbocycles. The molecule has 0 radical (unpaired) electrons. The number of hydrogen-bond acceptors (Lipinski definition) is 5. The van der Waals surface area contributed by atoms with E-state index in [0.717, 1.165) is 6.07 Å². The zero-order chi connectivity index (χ0) is 16.4. The summed E-state index contributed by atoms with van der Waals surface area (Å²) in [5.74, 6) is -1.30. The molecule has 0 spiro atoms. The lowest BCUT2D eigenvalue weighted by molar-refractivity contribution is -0.385. The van der Waals surface area contributed by atoms with Crippen molar-refractivity contribution in [1.82, 2.24) is 4.72 Å². The number of nitro groups is 1. The molecule has 0 amide bonds. The van der Waals surface area contributed by atoms with Crippen molar-refractivity contribution in [2.45, 2.75) is 38.1 Å².